The Morgan fingerprint density at radius 2 is 2.03 bits per heavy atom. The highest BCUT2D eigenvalue weighted by atomic mass is 16.5. The van der Waals surface area contributed by atoms with Crippen molar-refractivity contribution in [3.05, 3.63) is 71.5 Å². The van der Waals surface area contributed by atoms with Crippen LogP contribution in [0.1, 0.15) is 22.9 Å². The molecule has 1 amide bonds. The average molecular weight is 447 g/mol. The van der Waals surface area contributed by atoms with Crippen LogP contribution in [-0.2, 0) is 16.0 Å². The number of methoxy groups -OCH3 is 1. The molecular weight excluding hydrogens is 416 g/mol. The Bertz CT molecular complexity index is 1130. The van der Waals surface area contributed by atoms with E-state index < -0.39 is 0 Å². The van der Waals surface area contributed by atoms with Gasteiger partial charge in [-0.3, -0.25) is 4.79 Å². The normalized spacial score (nSPS) is 15.9. The number of morpholine rings is 1. The minimum atomic E-state index is -0.344. The number of carbonyl (C=O) groups is 1. The molecule has 1 aromatic heterocycles. The zero-order valence-electron chi connectivity index (χ0n) is 19.6. The Morgan fingerprint density at radius 3 is 2.79 bits per heavy atom. The minimum absolute atomic E-state index is 0.0960. The Balaban J connectivity index is 1.62. The number of aryl methyl sites for hydroxylation is 1. The lowest BCUT2D eigenvalue weighted by molar-refractivity contribution is -0.138. The number of benzene rings is 2. The fraction of sp³-hybridized carbons (Fsp3) is 0.346. The summed E-state index contributed by atoms with van der Waals surface area (Å²) in [6.45, 7) is 3.52. The van der Waals surface area contributed by atoms with Crippen molar-refractivity contribution in [2.75, 3.05) is 45.8 Å². The second-order valence-corrected chi connectivity index (χ2v) is 8.46. The quantitative estimate of drug-likeness (QED) is 0.576. The van der Waals surface area contributed by atoms with Gasteiger partial charge in [0.2, 0.25) is 11.9 Å². The highest BCUT2D eigenvalue weighted by Gasteiger charge is 2.29. The van der Waals surface area contributed by atoms with Gasteiger partial charge in [0.25, 0.3) is 0 Å². The third-order valence-electron chi connectivity index (χ3n) is 5.75. The average Bonchev–Trinajstić information content (AvgIpc) is 2.83. The highest BCUT2D eigenvalue weighted by Crippen LogP contribution is 2.33. The number of rotatable bonds is 6. The van der Waals surface area contributed by atoms with Gasteiger partial charge in [-0.25, -0.2) is 9.97 Å². The Morgan fingerprint density at radius 1 is 1.21 bits per heavy atom. The molecule has 0 bridgehead atoms. The van der Waals surface area contributed by atoms with Gasteiger partial charge in [-0.05, 0) is 30.2 Å². The van der Waals surface area contributed by atoms with E-state index in [4.69, 9.17) is 14.5 Å². The molecule has 0 saturated carbocycles. The molecule has 1 atom stereocenters. The summed E-state index contributed by atoms with van der Waals surface area (Å²) in [4.78, 5) is 26.2. The number of hydrogen-bond donors (Lipinski definition) is 0. The molecule has 1 saturated heterocycles. The second kappa shape index (κ2) is 10.0. The molecule has 2 heterocycles. The fourth-order valence-corrected chi connectivity index (χ4v) is 4.01. The van der Waals surface area contributed by atoms with Crippen LogP contribution in [0.3, 0.4) is 0 Å². The SMILES string of the molecule is COc1cccc(-c2cnc(N(C)C)nc2C2CN(C(=O)Cc3cccc(C)c3)CCO2)c1. The molecule has 4 rings (SSSR count). The van der Waals surface area contributed by atoms with Crippen LogP contribution in [0, 0.1) is 6.92 Å². The predicted octanol–water partition coefficient (Wildman–Crippen LogP) is 3.67. The lowest BCUT2D eigenvalue weighted by atomic mass is 10.0. The van der Waals surface area contributed by atoms with Gasteiger partial charge in [0.05, 0.1) is 32.4 Å². The molecule has 0 aliphatic carbocycles. The van der Waals surface area contributed by atoms with Gasteiger partial charge < -0.3 is 19.3 Å². The molecule has 1 fully saturated rings. The first-order valence-electron chi connectivity index (χ1n) is 11.1. The largest absolute Gasteiger partial charge is 0.497 e. The Hall–Kier alpha value is -3.45. The maximum Gasteiger partial charge on any atom is 0.227 e. The summed E-state index contributed by atoms with van der Waals surface area (Å²) in [6, 6.07) is 15.9. The van der Waals surface area contributed by atoms with E-state index in [-0.39, 0.29) is 12.0 Å². The second-order valence-electron chi connectivity index (χ2n) is 8.46. The molecule has 1 aliphatic rings. The third kappa shape index (κ3) is 5.31. The van der Waals surface area contributed by atoms with Crippen molar-refractivity contribution in [3.63, 3.8) is 0 Å². The van der Waals surface area contributed by atoms with Crippen LogP contribution in [0.5, 0.6) is 5.75 Å². The van der Waals surface area contributed by atoms with Crippen molar-refractivity contribution in [2.45, 2.75) is 19.4 Å². The summed E-state index contributed by atoms with van der Waals surface area (Å²) in [5.41, 5.74) is 4.77. The first kappa shape index (κ1) is 22.7. The molecule has 7 heteroatoms. The Kier molecular flexibility index (Phi) is 6.89. The first-order valence-corrected chi connectivity index (χ1v) is 11.1. The number of anilines is 1. The topological polar surface area (TPSA) is 67.8 Å². The molecule has 1 unspecified atom stereocenters. The van der Waals surface area contributed by atoms with Gasteiger partial charge in [0, 0.05) is 32.4 Å². The molecule has 1 aliphatic heterocycles. The van der Waals surface area contributed by atoms with Crippen molar-refractivity contribution in [3.8, 4) is 16.9 Å². The van der Waals surface area contributed by atoms with Gasteiger partial charge in [-0.1, -0.05) is 42.0 Å². The number of nitrogens with zero attached hydrogens (tertiary/aromatic N) is 4. The predicted molar refractivity (Wildman–Crippen MR) is 129 cm³/mol. The van der Waals surface area contributed by atoms with Crippen molar-refractivity contribution in [1.82, 2.24) is 14.9 Å². The summed E-state index contributed by atoms with van der Waals surface area (Å²) < 4.78 is 11.5. The molecular formula is C26H30N4O3. The molecule has 3 aromatic rings. The molecule has 7 nitrogen and oxygen atoms in total. The van der Waals surface area contributed by atoms with Crippen LogP contribution < -0.4 is 9.64 Å². The van der Waals surface area contributed by atoms with E-state index in [0.29, 0.717) is 32.1 Å². The number of carbonyl (C=O) groups excluding carboxylic acids is 1. The van der Waals surface area contributed by atoms with E-state index in [1.165, 1.54) is 0 Å². The first-order chi connectivity index (χ1) is 15.9. The van der Waals surface area contributed by atoms with Crippen LogP contribution in [0.2, 0.25) is 0 Å². The fourth-order valence-electron chi connectivity index (χ4n) is 4.01. The molecule has 0 N–H and O–H groups in total. The molecule has 172 valence electrons. The van der Waals surface area contributed by atoms with Crippen molar-refractivity contribution >= 4 is 11.9 Å². The monoisotopic (exact) mass is 446 g/mol. The Labute approximate surface area is 195 Å². The summed E-state index contributed by atoms with van der Waals surface area (Å²) in [7, 11) is 5.46. The molecule has 33 heavy (non-hydrogen) atoms. The number of hydrogen-bond acceptors (Lipinski definition) is 6. The number of aromatic nitrogens is 2. The number of ether oxygens (including phenoxy) is 2. The van der Waals surface area contributed by atoms with Crippen molar-refractivity contribution < 1.29 is 14.3 Å². The standard InChI is InChI=1S/C26H30N4O3/c1-18-7-5-8-19(13-18)14-24(31)30-11-12-33-23(17-30)25-22(16-27-26(28-25)29(2)3)20-9-6-10-21(15-20)32-4/h5-10,13,15-16,23H,11-12,14,17H2,1-4H3. The van der Waals surface area contributed by atoms with Crippen LogP contribution >= 0.6 is 0 Å². The highest BCUT2D eigenvalue weighted by molar-refractivity contribution is 5.79. The summed E-state index contributed by atoms with van der Waals surface area (Å²) in [5, 5.41) is 0. The van der Waals surface area contributed by atoms with Gasteiger partial charge in [0.1, 0.15) is 11.9 Å². The van der Waals surface area contributed by atoms with E-state index in [0.717, 1.165) is 33.7 Å². The van der Waals surface area contributed by atoms with Crippen LogP contribution in [0.25, 0.3) is 11.1 Å². The molecule has 0 radical (unpaired) electrons. The van der Waals surface area contributed by atoms with Crippen LogP contribution in [0.4, 0.5) is 5.95 Å². The van der Waals surface area contributed by atoms with Gasteiger partial charge in [0.15, 0.2) is 0 Å². The lowest BCUT2D eigenvalue weighted by Gasteiger charge is -2.33. The van der Waals surface area contributed by atoms with E-state index in [1.54, 1.807) is 7.11 Å². The molecule has 0 spiro atoms. The lowest BCUT2D eigenvalue weighted by Crippen LogP contribution is -2.43. The summed E-state index contributed by atoms with van der Waals surface area (Å²) >= 11 is 0. The maximum absolute atomic E-state index is 13.1. The van der Waals surface area contributed by atoms with Crippen LogP contribution in [0.15, 0.2) is 54.7 Å². The summed E-state index contributed by atoms with van der Waals surface area (Å²) in [5.74, 6) is 1.46. The smallest absolute Gasteiger partial charge is 0.227 e. The summed E-state index contributed by atoms with van der Waals surface area (Å²) in [6.07, 6.45) is 1.86. The van der Waals surface area contributed by atoms with Gasteiger partial charge in [-0.2, -0.15) is 0 Å². The van der Waals surface area contributed by atoms with E-state index in [1.807, 2.05) is 79.5 Å². The zero-order valence-corrected chi connectivity index (χ0v) is 19.6. The minimum Gasteiger partial charge on any atom is -0.497 e. The van der Waals surface area contributed by atoms with Crippen LogP contribution in [-0.4, -0.2) is 61.7 Å². The third-order valence-corrected chi connectivity index (χ3v) is 5.75. The van der Waals surface area contributed by atoms with Crippen molar-refractivity contribution in [1.29, 1.82) is 0 Å². The molecule has 2 aromatic carbocycles. The van der Waals surface area contributed by atoms with E-state index in [2.05, 4.69) is 11.1 Å². The van der Waals surface area contributed by atoms with Gasteiger partial charge >= 0.3 is 0 Å². The van der Waals surface area contributed by atoms with Crippen molar-refractivity contribution in [2.24, 2.45) is 0 Å². The van der Waals surface area contributed by atoms with Gasteiger partial charge in [-0.15, -0.1) is 0 Å². The zero-order chi connectivity index (χ0) is 23.4. The number of amides is 1. The van der Waals surface area contributed by atoms with E-state index >= 15 is 0 Å². The van der Waals surface area contributed by atoms with E-state index in [9.17, 15) is 4.79 Å². The maximum atomic E-state index is 13.1.